The summed E-state index contributed by atoms with van der Waals surface area (Å²) in [6.45, 7) is 3.96. The zero-order chi connectivity index (χ0) is 12.8. The third-order valence-corrected chi connectivity index (χ3v) is 3.78. The van der Waals surface area contributed by atoms with Crippen LogP contribution in [0.1, 0.15) is 25.7 Å². The summed E-state index contributed by atoms with van der Waals surface area (Å²) < 4.78 is 10.3. The molecule has 0 aliphatic carbocycles. The Morgan fingerprint density at radius 2 is 2.28 bits per heavy atom. The van der Waals surface area contributed by atoms with E-state index in [1.54, 1.807) is 7.11 Å². The lowest BCUT2D eigenvalue weighted by molar-refractivity contribution is -0.127. The van der Waals surface area contributed by atoms with E-state index in [1.807, 2.05) is 4.90 Å². The highest BCUT2D eigenvalue weighted by Crippen LogP contribution is 2.28. The number of rotatable bonds is 8. The maximum atomic E-state index is 11.7. The SMILES string of the molecule is COCCOCCCNC1CC(=O)N2CCCC12. The predicted octanol–water partition coefficient (Wildman–Crippen LogP) is 0.392. The first-order valence-electron chi connectivity index (χ1n) is 6.92. The maximum absolute atomic E-state index is 11.7. The van der Waals surface area contributed by atoms with Crippen LogP contribution in [0.3, 0.4) is 0 Å². The number of fused-ring (bicyclic) bond motifs is 1. The Labute approximate surface area is 109 Å². The Hall–Kier alpha value is -0.650. The molecule has 5 nitrogen and oxygen atoms in total. The zero-order valence-electron chi connectivity index (χ0n) is 11.2. The Bertz CT molecular complexity index is 273. The molecule has 1 N–H and O–H groups in total. The molecule has 0 spiro atoms. The van der Waals surface area contributed by atoms with Crippen molar-refractivity contribution in [3.63, 3.8) is 0 Å². The van der Waals surface area contributed by atoms with Gasteiger partial charge in [-0.25, -0.2) is 0 Å². The third-order valence-electron chi connectivity index (χ3n) is 3.78. The second-order valence-electron chi connectivity index (χ2n) is 5.02. The second-order valence-corrected chi connectivity index (χ2v) is 5.02. The number of hydrogen-bond donors (Lipinski definition) is 1. The molecule has 0 saturated carbocycles. The molecule has 0 aromatic carbocycles. The van der Waals surface area contributed by atoms with Crippen LogP contribution >= 0.6 is 0 Å². The van der Waals surface area contributed by atoms with Crippen molar-refractivity contribution in [2.75, 3.05) is 40.0 Å². The molecule has 2 aliphatic rings. The number of carbonyl (C=O) groups excluding carboxylic acids is 1. The van der Waals surface area contributed by atoms with E-state index in [9.17, 15) is 4.79 Å². The van der Waals surface area contributed by atoms with Crippen LogP contribution in [0.15, 0.2) is 0 Å². The molecule has 104 valence electrons. The van der Waals surface area contributed by atoms with E-state index in [1.165, 1.54) is 0 Å². The van der Waals surface area contributed by atoms with E-state index in [0.29, 0.717) is 37.6 Å². The molecule has 2 saturated heterocycles. The molecule has 2 rings (SSSR count). The fraction of sp³-hybridized carbons (Fsp3) is 0.923. The number of amides is 1. The Morgan fingerprint density at radius 1 is 1.39 bits per heavy atom. The van der Waals surface area contributed by atoms with Gasteiger partial charge in [-0.15, -0.1) is 0 Å². The molecular formula is C13H24N2O3. The summed E-state index contributed by atoms with van der Waals surface area (Å²) in [5.41, 5.74) is 0. The summed E-state index contributed by atoms with van der Waals surface area (Å²) in [7, 11) is 1.68. The molecule has 0 aromatic heterocycles. The summed E-state index contributed by atoms with van der Waals surface area (Å²) in [5, 5.41) is 3.50. The highest BCUT2D eigenvalue weighted by atomic mass is 16.5. The lowest BCUT2D eigenvalue weighted by Gasteiger charge is -2.20. The summed E-state index contributed by atoms with van der Waals surface area (Å²) in [6.07, 6.45) is 3.98. The van der Waals surface area contributed by atoms with Crippen LogP contribution in [0.4, 0.5) is 0 Å². The van der Waals surface area contributed by atoms with Crippen molar-refractivity contribution in [1.29, 1.82) is 0 Å². The van der Waals surface area contributed by atoms with Crippen molar-refractivity contribution >= 4 is 5.91 Å². The van der Waals surface area contributed by atoms with E-state index in [0.717, 1.165) is 39.0 Å². The smallest absolute Gasteiger partial charge is 0.224 e. The number of nitrogens with one attached hydrogen (secondary N) is 1. The average molecular weight is 256 g/mol. The average Bonchev–Trinajstić information content (AvgIpc) is 2.94. The molecule has 2 atom stereocenters. The van der Waals surface area contributed by atoms with Gasteiger partial charge in [-0.3, -0.25) is 4.79 Å². The fourth-order valence-electron chi connectivity index (χ4n) is 2.88. The van der Waals surface area contributed by atoms with Crippen molar-refractivity contribution in [3.8, 4) is 0 Å². The minimum atomic E-state index is 0.325. The lowest BCUT2D eigenvalue weighted by Crippen LogP contribution is -2.39. The van der Waals surface area contributed by atoms with Crippen LogP contribution in [0, 0.1) is 0 Å². The molecule has 0 aromatic rings. The molecule has 2 unspecified atom stereocenters. The van der Waals surface area contributed by atoms with E-state index in [2.05, 4.69) is 5.32 Å². The van der Waals surface area contributed by atoms with Crippen molar-refractivity contribution in [2.45, 2.75) is 37.8 Å². The number of ether oxygens (including phenoxy) is 2. The van der Waals surface area contributed by atoms with Gasteiger partial charge in [0.05, 0.1) is 13.2 Å². The molecule has 2 heterocycles. The number of methoxy groups -OCH3 is 1. The number of carbonyl (C=O) groups is 1. The minimum absolute atomic E-state index is 0.325. The van der Waals surface area contributed by atoms with E-state index < -0.39 is 0 Å². The van der Waals surface area contributed by atoms with Crippen molar-refractivity contribution in [1.82, 2.24) is 10.2 Å². The molecule has 5 heteroatoms. The highest BCUT2D eigenvalue weighted by molar-refractivity contribution is 5.80. The van der Waals surface area contributed by atoms with Gasteiger partial charge in [-0.05, 0) is 25.8 Å². The molecule has 18 heavy (non-hydrogen) atoms. The number of nitrogens with zero attached hydrogens (tertiary/aromatic N) is 1. The largest absolute Gasteiger partial charge is 0.382 e. The summed E-state index contributed by atoms with van der Waals surface area (Å²) >= 11 is 0. The Morgan fingerprint density at radius 3 is 3.11 bits per heavy atom. The van der Waals surface area contributed by atoms with Gasteiger partial charge < -0.3 is 19.7 Å². The van der Waals surface area contributed by atoms with Crippen molar-refractivity contribution in [3.05, 3.63) is 0 Å². The summed E-state index contributed by atoms with van der Waals surface area (Å²) in [5.74, 6) is 0.325. The lowest BCUT2D eigenvalue weighted by atomic mass is 10.1. The predicted molar refractivity (Wildman–Crippen MR) is 68.5 cm³/mol. The van der Waals surface area contributed by atoms with Crippen LogP contribution in [-0.4, -0.2) is 62.9 Å². The van der Waals surface area contributed by atoms with Gasteiger partial charge in [0.15, 0.2) is 0 Å². The quantitative estimate of drug-likeness (QED) is 0.638. The monoisotopic (exact) mass is 256 g/mol. The normalized spacial score (nSPS) is 26.9. The van der Waals surface area contributed by atoms with Crippen LogP contribution in [0.25, 0.3) is 0 Å². The third kappa shape index (κ3) is 3.43. The fourth-order valence-corrected chi connectivity index (χ4v) is 2.88. The van der Waals surface area contributed by atoms with Gasteiger partial charge in [0.1, 0.15) is 0 Å². The maximum Gasteiger partial charge on any atom is 0.224 e. The summed E-state index contributed by atoms with van der Waals surface area (Å²) in [4.78, 5) is 13.8. The van der Waals surface area contributed by atoms with Gasteiger partial charge in [-0.1, -0.05) is 0 Å². The summed E-state index contributed by atoms with van der Waals surface area (Å²) in [6, 6.07) is 0.811. The van der Waals surface area contributed by atoms with E-state index in [-0.39, 0.29) is 0 Å². The van der Waals surface area contributed by atoms with Gasteiger partial charge in [0, 0.05) is 38.8 Å². The molecule has 0 bridgehead atoms. The standard InChI is InChI=1S/C13H24N2O3/c1-17-8-9-18-7-3-5-14-11-10-13(16)15-6-2-4-12(11)15/h11-12,14H,2-10H2,1H3. The molecule has 0 radical (unpaired) electrons. The van der Waals surface area contributed by atoms with Gasteiger partial charge in [0.25, 0.3) is 0 Å². The molecule has 2 aliphatic heterocycles. The topological polar surface area (TPSA) is 50.8 Å². The highest BCUT2D eigenvalue weighted by Gasteiger charge is 2.41. The Balaban J connectivity index is 1.56. The van der Waals surface area contributed by atoms with Gasteiger partial charge in [-0.2, -0.15) is 0 Å². The van der Waals surface area contributed by atoms with E-state index in [4.69, 9.17) is 9.47 Å². The molecular weight excluding hydrogens is 232 g/mol. The van der Waals surface area contributed by atoms with Crippen molar-refractivity contribution in [2.24, 2.45) is 0 Å². The molecule has 2 fully saturated rings. The second kappa shape index (κ2) is 7.07. The zero-order valence-corrected chi connectivity index (χ0v) is 11.2. The van der Waals surface area contributed by atoms with Crippen LogP contribution < -0.4 is 5.32 Å². The number of hydrogen-bond acceptors (Lipinski definition) is 4. The molecule has 1 amide bonds. The van der Waals surface area contributed by atoms with Crippen LogP contribution in [0.5, 0.6) is 0 Å². The van der Waals surface area contributed by atoms with Gasteiger partial charge in [0.2, 0.25) is 5.91 Å². The minimum Gasteiger partial charge on any atom is -0.382 e. The van der Waals surface area contributed by atoms with Gasteiger partial charge >= 0.3 is 0 Å². The van der Waals surface area contributed by atoms with E-state index >= 15 is 0 Å². The first kappa shape index (κ1) is 13.8. The first-order chi connectivity index (χ1) is 8.83. The van der Waals surface area contributed by atoms with Crippen LogP contribution in [-0.2, 0) is 14.3 Å². The van der Waals surface area contributed by atoms with Crippen LogP contribution in [0.2, 0.25) is 0 Å². The van der Waals surface area contributed by atoms with Crippen molar-refractivity contribution < 1.29 is 14.3 Å². The first-order valence-corrected chi connectivity index (χ1v) is 6.92. The Kier molecular flexibility index (Phi) is 5.41.